The van der Waals surface area contributed by atoms with Crippen molar-refractivity contribution in [3.63, 3.8) is 0 Å². The number of carbonyl (C=O) groups excluding carboxylic acids is 1. The van der Waals surface area contributed by atoms with Crippen LogP contribution in [0.2, 0.25) is 0 Å². The van der Waals surface area contributed by atoms with Crippen molar-refractivity contribution in [2.24, 2.45) is 11.8 Å². The molecule has 2 rings (SSSR count). The van der Waals surface area contributed by atoms with E-state index < -0.39 is 11.9 Å². The number of carboxylic acids is 1. The Labute approximate surface area is 107 Å². The second-order valence-electron chi connectivity index (χ2n) is 4.44. The molecule has 0 bridgehead atoms. The van der Waals surface area contributed by atoms with Crippen LogP contribution in [0.1, 0.15) is 25.0 Å². The van der Waals surface area contributed by atoms with Gasteiger partial charge in [-0.15, -0.1) is 0 Å². The summed E-state index contributed by atoms with van der Waals surface area (Å²) in [4.78, 5) is 35.9. The predicted octanol–water partition coefficient (Wildman–Crippen LogP) is 0.553. The van der Waals surface area contributed by atoms with Gasteiger partial charge in [0.1, 0.15) is 0 Å². The second kappa shape index (κ2) is 5.34. The molecular formula is C11H14N2O4S. The molecule has 98 valence electrons. The normalized spacial score (nSPS) is 22.9. The topological polar surface area (TPSA) is 99.3 Å². The predicted molar refractivity (Wildman–Crippen MR) is 65.3 cm³/mol. The molecule has 1 aromatic heterocycles. The number of aromatic nitrogens is 1. The maximum absolute atomic E-state index is 11.8. The maximum atomic E-state index is 11.8. The summed E-state index contributed by atoms with van der Waals surface area (Å²) < 4.78 is 0. The van der Waals surface area contributed by atoms with E-state index in [0.29, 0.717) is 25.0 Å². The van der Waals surface area contributed by atoms with Gasteiger partial charge in [0.15, 0.2) is 0 Å². The van der Waals surface area contributed by atoms with E-state index in [9.17, 15) is 14.4 Å². The second-order valence-corrected chi connectivity index (χ2v) is 5.28. The van der Waals surface area contributed by atoms with E-state index in [1.54, 1.807) is 5.38 Å². The Morgan fingerprint density at radius 1 is 1.44 bits per heavy atom. The number of carbonyl (C=O) groups is 2. The van der Waals surface area contributed by atoms with Crippen molar-refractivity contribution in [3.05, 3.63) is 20.7 Å². The lowest BCUT2D eigenvalue weighted by atomic mass is 10.0. The summed E-state index contributed by atoms with van der Waals surface area (Å²) >= 11 is 1.05. The van der Waals surface area contributed by atoms with Crippen molar-refractivity contribution in [2.75, 3.05) is 0 Å². The zero-order valence-electron chi connectivity index (χ0n) is 9.64. The van der Waals surface area contributed by atoms with Crippen LogP contribution in [0.4, 0.5) is 0 Å². The van der Waals surface area contributed by atoms with Crippen molar-refractivity contribution in [2.45, 2.75) is 25.8 Å². The van der Waals surface area contributed by atoms with Gasteiger partial charge in [-0.1, -0.05) is 11.3 Å². The summed E-state index contributed by atoms with van der Waals surface area (Å²) in [6.07, 6.45) is 1.58. The van der Waals surface area contributed by atoms with Crippen molar-refractivity contribution < 1.29 is 14.7 Å². The Morgan fingerprint density at radius 2 is 2.17 bits per heavy atom. The number of thiazole rings is 1. The Hall–Kier alpha value is -1.63. The van der Waals surface area contributed by atoms with Crippen molar-refractivity contribution in [3.8, 4) is 0 Å². The third kappa shape index (κ3) is 2.98. The van der Waals surface area contributed by atoms with Crippen LogP contribution in [-0.2, 0) is 16.1 Å². The number of hydrogen-bond donors (Lipinski definition) is 3. The molecule has 1 fully saturated rings. The molecule has 2 atom stereocenters. The first-order chi connectivity index (χ1) is 8.56. The Bertz CT molecular complexity index is 507. The van der Waals surface area contributed by atoms with Gasteiger partial charge in [0.2, 0.25) is 5.91 Å². The third-order valence-electron chi connectivity index (χ3n) is 3.18. The van der Waals surface area contributed by atoms with E-state index >= 15 is 0 Å². The van der Waals surface area contributed by atoms with Crippen LogP contribution in [0.5, 0.6) is 0 Å². The highest BCUT2D eigenvalue weighted by Gasteiger charge is 2.33. The molecule has 7 heteroatoms. The van der Waals surface area contributed by atoms with Crippen molar-refractivity contribution >= 4 is 23.2 Å². The number of hydrogen-bond acceptors (Lipinski definition) is 4. The number of rotatable bonds is 4. The van der Waals surface area contributed by atoms with Gasteiger partial charge in [-0.25, -0.2) is 0 Å². The zero-order chi connectivity index (χ0) is 13.1. The molecule has 1 amide bonds. The number of nitrogens with one attached hydrogen (secondary N) is 2. The molecule has 1 heterocycles. The number of aliphatic carboxylic acids is 1. The third-order valence-corrected chi connectivity index (χ3v) is 3.90. The van der Waals surface area contributed by atoms with Gasteiger partial charge in [-0.05, 0) is 19.3 Å². The zero-order valence-corrected chi connectivity index (χ0v) is 10.5. The summed E-state index contributed by atoms with van der Waals surface area (Å²) in [5.41, 5.74) is 0.672. The fourth-order valence-electron chi connectivity index (χ4n) is 2.17. The molecule has 6 nitrogen and oxygen atoms in total. The van der Waals surface area contributed by atoms with Crippen LogP contribution in [0.3, 0.4) is 0 Å². The van der Waals surface area contributed by atoms with Gasteiger partial charge in [-0.2, -0.15) is 0 Å². The van der Waals surface area contributed by atoms with Gasteiger partial charge in [0, 0.05) is 17.0 Å². The lowest BCUT2D eigenvalue weighted by molar-refractivity contribution is -0.141. The first-order valence-electron chi connectivity index (χ1n) is 5.73. The maximum Gasteiger partial charge on any atom is 0.306 e. The minimum Gasteiger partial charge on any atom is -0.481 e. The van der Waals surface area contributed by atoms with Gasteiger partial charge in [0.25, 0.3) is 0 Å². The van der Waals surface area contributed by atoms with E-state index in [1.807, 2.05) is 0 Å². The highest BCUT2D eigenvalue weighted by molar-refractivity contribution is 7.07. The highest BCUT2D eigenvalue weighted by atomic mass is 32.1. The van der Waals surface area contributed by atoms with Crippen molar-refractivity contribution in [1.82, 2.24) is 10.3 Å². The first-order valence-corrected chi connectivity index (χ1v) is 6.61. The fourth-order valence-corrected chi connectivity index (χ4v) is 2.75. The van der Waals surface area contributed by atoms with Gasteiger partial charge in [0.05, 0.1) is 12.5 Å². The van der Waals surface area contributed by atoms with Crippen LogP contribution in [0, 0.1) is 11.8 Å². The van der Waals surface area contributed by atoms with E-state index in [2.05, 4.69) is 10.3 Å². The molecule has 18 heavy (non-hydrogen) atoms. The quantitative estimate of drug-likeness (QED) is 0.744. The Balaban J connectivity index is 1.82. The molecule has 1 aromatic rings. The minimum absolute atomic E-state index is 0.134. The average Bonchev–Trinajstić information content (AvgIpc) is 2.94. The van der Waals surface area contributed by atoms with Crippen LogP contribution in [0.15, 0.2) is 10.2 Å². The summed E-state index contributed by atoms with van der Waals surface area (Å²) in [5.74, 6) is -1.59. The SMILES string of the molecule is O=C(O)[C@H]1CC[C@@H](C(=O)NCc2csc(=O)[nH]2)C1. The molecule has 1 saturated carbocycles. The molecule has 1 aliphatic rings. The van der Waals surface area contributed by atoms with E-state index in [4.69, 9.17) is 5.11 Å². The van der Waals surface area contributed by atoms with Crippen LogP contribution in [-0.4, -0.2) is 22.0 Å². The van der Waals surface area contributed by atoms with E-state index in [1.165, 1.54) is 0 Å². The highest BCUT2D eigenvalue weighted by Crippen LogP contribution is 2.31. The molecule has 0 radical (unpaired) electrons. The lowest BCUT2D eigenvalue weighted by Gasteiger charge is -2.09. The van der Waals surface area contributed by atoms with Gasteiger partial charge >= 0.3 is 10.8 Å². The molecule has 0 saturated heterocycles. The Morgan fingerprint density at radius 3 is 2.72 bits per heavy atom. The van der Waals surface area contributed by atoms with E-state index in [-0.39, 0.29) is 23.2 Å². The number of amides is 1. The van der Waals surface area contributed by atoms with Crippen molar-refractivity contribution in [1.29, 1.82) is 0 Å². The fraction of sp³-hybridized carbons (Fsp3) is 0.545. The van der Waals surface area contributed by atoms with Crippen LogP contribution >= 0.6 is 11.3 Å². The summed E-state index contributed by atoms with van der Waals surface area (Å²) in [5, 5.41) is 13.2. The minimum atomic E-state index is -0.826. The average molecular weight is 270 g/mol. The number of H-pyrrole nitrogens is 1. The number of carboxylic acid groups (broad SMARTS) is 1. The van der Waals surface area contributed by atoms with Crippen LogP contribution in [0.25, 0.3) is 0 Å². The molecule has 0 aliphatic heterocycles. The van der Waals surface area contributed by atoms with Gasteiger partial charge < -0.3 is 15.4 Å². The standard InChI is InChI=1S/C11H14N2O4S/c14-9(6-1-2-7(3-6)10(15)16)12-4-8-5-18-11(17)13-8/h5-7H,1-4H2,(H,12,14)(H,13,17)(H,15,16)/t6-,7+/m1/s1. The summed E-state index contributed by atoms with van der Waals surface area (Å²) in [7, 11) is 0. The molecule has 3 N–H and O–H groups in total. The largest absolute Gasteiger partial charge is 0.481 e. The lowest BCUT2D eigenvalue weighted by Crippen LogP contribution is -2.29. The Kier molecular flexibility index (Phi) is 3.81. The molecule has 1 aliphatic carbocycles. The monoisotopic (exact) mass is 270 g/mol. The first kappa shape index (κ1) is 12.8. The molecule has 0 aromatic carbocycles. The smallest absolute Gasteiger partial charge is 0.306 e. The summed E-state index contributed by atoms with van der Waals surface area (Å²) in [6, 6.07) is 0. The molecular weight excluding hydrogens is 256 g/mol. The number of aromatic amines is 1. The molecule has 0 spiro atoms. The van der Waals surface area contributed by atoms with E-state index in [0.717, 1.165) is 11.3 Å². The van der Waals surface area contributed by atoms with Crippen LogP contribution < -0.4 is 10.2 Å². The van der Waals surface area contributed by atoms with Gasteiger partial charge in [-0.3, -0.25) is 14.4 Å². The molecule has 0 unspecified atom stereocenters. The summed E-state index contributed by atoms with van der Waals surface area (Å²) in [6.45, 7) is 0.284.